The molecule has 0 saturated carbocycles. The van der Waals surface area contributed by atoms with E-state index in [4.69, 9.17) is 4.74 Å². The van der Waals surface area contributed by atoms with Crippen molar-refractivity contribution in [3.05, 3.63) is 95.6 Å². The van der Waals surface area contributed by atoms with E-state index in [1.165, 1.54) is 10.8 Å². The first kappa shape index (κ1) is 50.0. The lowest BCUT2D eigenvalue weighted by molar-refractivity contribution is -0.275. The molecular weight excluding hydrogens is 913 g/mol. The summed E-state index contributed by atoms with van der Waals surface area (Å²) < 4.78 is 170. The lowest BCUT2D eigenvalue weighted by Crippen LogP contribution is -2.25. The summed E-state index contributed by atoms with van der Waals surface area (Å²) in [5.74, 6) is -4.61. The van der Waals surface area contributed by atoms with Crippen LogP contribution in [0.4, 0.5) is 61.8 Å². The molecule has 2 N–H and O–H groups in total. The number of benzene rings is 2. The molecule has 0 amide bonds. The normalized spacial score (nSPS) is 14.1. The van der Waals surface area contributed by atoms with Gasteiger partial charge >= 0.3 is 34.7 Å². The van der Waals surface area contributed by atoms with Crippen LogP contribution in [0, 0.1) is 5.82 Å². The molecule has 28 heteroatoms. The van der Waals surface area contributed by atoms with Gasteiger partial charge < -0.3 is 24.8 Å². The zero-order valence-electron chi connectivity index (χ0n) is 34.1. The van der Waals surface area contributed by atoms with Crippen molar-refractivity contribution in [3.8, 4) is 5.75 Å². The molecule has 4 heterocycles. The van der Waals surface area contributed by atoms with Crippen molar-refractivity contribution < 1.29 is 74.0 Å². The lowest BCUT2D eigenvalue weighted by Gasteiger charge is -2.40. The quantitative estimate of drug-likeness (QED) is 0.0983. The first-order valence-electron chi connectivity index (χ1n) is 18.0. The summed E-state index contributed by atoms with van der Waals surface area (Å²) in [5, 5.41) is 13.0. The van der Waals surface area contributed by atoms with Crippen molar-refractivity contribution in [2.45, 2.75) is 69.6 Å². The first-order chi connectivity index (χ1) is 29.4. The maximum atomic E-state index is 14.2. The lowest BCUT2D eigenvalue weighted by atomic mass is 9.92. The molecule has 0 spiro atoms. The second kappa shape index (κ2) is 17.5. The van der Waals surface area contributed by atoms with Gasteiger partial charge in [-0.2, -0.15) is 42.4 Å². The number of methoxy groups -OCH3 is 2. The molecule has 0 saturated heterocycles. The van der Waals surface area contributed by atoms with E-state index in [0.29, 0.717) is 29.7 Å². The zero-order valence-corrected chi connectivity index (χ0v) is 34.9. The van der Waals surface area contributed by atoms with Crippen LogP contribution in [-0.4, -0.2) is 71.7 Å². The van der Waals surface area contributed by atoms with E-state index in [1.54, 1.807) is 6.07 Å². The van der Waals surface area contributed by atoms with Gasteiger partial charge in [0.05, 0.1) is 19.9 Å². The average Bonchev–Trinajstić information content (AvgIpc) is 3.89. The van der Waals surface area contributed by atoms with Crippen molar-refractivity contribution in [3.63, 3.8) is 0 Å². The van der Waals surface area contributed by atoms with Crippen LogP contribution in [0.25, 0.3) is 11.6 Å². The largest absolute Gasteiger partial charge is 0.573 e. The molecule has 64 heavy (non-hydrogen) atoms. The number of aromatic nitrogens is 8. The van der Waals surface area contributed by atoms with Gasteiger partial charge in [-0.15, -0.1) is 13.2 Å². The topological polar surface area (TPSA) is 172 Å². The maximum Gasteiger partial charge on any atom is 0.573 e. The van der Waals surface area contributed by atoms with E-state index in [2.05, 4.69) is 50.2 Å². The summed E-state index contributed by atoms with van der Waals surface area (Å²) in [6.45, 7) is 9.79. The Morgan fingerprint density at radius 1 is 0.672 bits per heavy atom. The van der Waals surface area contributed by atoms with Gasteiger partial charge in [-0.3, -0.25) is 0 Å². The van der Waals surface area contributed by atoms with Gasteiger partial charge in [-0.1, -0.05) is 72.2 Å². The predicted molar refractivity (Wildman–Crippen MR) is 204 cm³/mol. The van der Waals surface area contributed by atoms with Crippen LogP contribution in [0.5, 0.6) is 5.75 Å². The standard InChI is InChI=1S/C19H19F4N5O3.C15H11F8N5O2S.C2H6/c1-18(2,3)13-8-14(28-17(26-13)24-9-25-28)27-15(16(29)30-4)10-5-6-12(11(20)7-10)31-19(21,22)23;1-30-13(29)12(8-2-4-9(5-3-8)31(19,20,21,22)23)27-11-6-10(15(16,17)18)26-14-24-7-25-28(11)14;1-2/h5-9,15,27H,1-4H3;2-7,12,27H,1H3;1-2H3. The number of ether oxygens (including phenoxy) is 3. The van der Waals surface area contributed by atoms with Gasteiger partial charge in [0.1, 0.15) is 29.2 Å². The molecule has 4 aromatic heterocycles. The van der Waals surface area contributed by atoms with Gasteiger partial charge in [0.25, 0.3) is 11.6 Å². The van der Waals surface area contributed by atoms with Crippen LogP contribution < -0.4 is 15.4 Å². The summed E-state index contributed by atoms with van der Waals surface area (Å²) in [4.78, 5) is 37.7. The number of carbonyl (C=O) groups excluding carboxylic acids is 2. The maximum absolute atomic E-state index is 14.2. The van der Waals surface area contributed by atoms with Crippen molar-refractivity contribution in [1.29, 1.82) is 0 Å². The number of halogens is 12. The third-order valence-electron chi connectivity index (χ3n) is 8.19. The SMILES string of the molecule is CC.COC(=O)C(Nc1cc(C(C)(C)C)nc2ncnn12)c1ccc(OC(F)(F)F)c(F)c1.COC(=O)C(Nc1cc(C(F)(F)F)nc2ncnn12)c1ccc(S(F)(F)(F)(F)F)cc1. The number of carbonyl (C=O) groups is 2. The smallest absolute Gasteiger partial charge is 0.467 e. The number of nitrogens with one attached hydrogen (secondary N) is 2. The zero-order chi connectivity index (χ0) is 48.3. The van der Waals surface area contributed by atoms with E-state index in [-0.39, 0.29) is 34.5 Å². The minimum Gasteiger partial charge on any atom is -0.467 e. The highest BCUT2D eigenvalue weighted by Gasteiger charge is 2.65. The van der Waals surface area contributed by atoms with Crippen LogP contribution in [0.3, 0.4) is 0 Å². The molecule has 2 unspecified atom stereocenters. The third kappa shape index (κ3) is 12.3. The molecule has 0 radical (unpaired) electrons. The predicted octanol–water partition coefficient (Wildman–Crippen LogP) is 9.94. The number of hydrogen-bond donors (Lipinski definition) is 2. The molecule has 0 aliphatic rings. The van der Waals surface area contributed by atoms with Crippen molar-refractivity contribution in [1.82, 2.24) is 39.2 Å². The van der Waals surface area contributed by atoms with E-state index in [0.717, 1.165) is 43.3 Å². The molecule has 350 valence electrons. The summed E-state index contributed by atoms with van der Waals surface area (Å²) in [6.07, 6.45) is -7.80. The number of alkyl halides is 6. The highest BCUT2D eigenvalue weighted by Crippen LogP contribution is 3.02. The molecule has 2 atom stereocenters. The second-order valence-electron chi connectivity index (χ2n) is 13.7. The number of esters is 2. The Labute approximate surface area is 353 Å². The van der Waals surface area contributed by atoms with Gasteiger partial charge in [-0.25, -0.2) is 23.9 Å². The summed E-state index contributed by atoms with van der Waals surface area (Å²) in [6, 6.07) is 3.15. The fourth-order valence-electron chi connectivity index (χ4n) is 5.27. The van der Waals surface area contributed by atoms with Gasteiger partial charge in [0.2, 0.25) is 0 Å². The molecule has 0 bridgehead atoms. The Hall–Kier alpha value is -6.61. The second-order valence-corrected chi connectivity index (χ2v) is 16.1. The van der Waals surface area contributed by atoms with Crippen molar-refractivity contribution in [2.75, 3.05) is 24.9 Å². The molecule has 0 aliphatic carbocycles. The van der Waals surface area contributed by atoms with Gasteiger partial charge in [0, 0.05) is 17.5 Å². The third-order valence-corrected chi connectivity index (χ3v) is 9.36. The van der Waals surface area contributed by atoms with E-state index >= 15 is 0 Å². The minimum atomic E-state index is -9.96. The summed E-state index contributed by atoms with van der Waals surface area (Å²) in [7, 11) is -7.91. The summed E-state index contributed by atoms with van der Waals surface area (Å²) >= 11 is 0. The molecule has 0 aliphatic heterocycles. The van der Waals surface area contributed by atoms with Crippen LogP contribution in [0.15, 0.2) is 72.1 Å². The number of fused-ring (bicyclic) bond motifs is 2. The molecular formula is C36H36F12N10O5S. The number of nitrogens with zero attached hydrogens (tertiary/aromatic N) is 8. The molecule has 2 aromatic carbocycles. The molecule has 6 rings (SSSR count). The fourth-order valence-corrected chi connectivity index (χ4v) is 5.92. The van der Waals surface area contributed by atoms with Gasteiger partial charge in [0.15, 0.2) is 29.3 Å². The first-order valence-corrected chi connectivity index (χ1v) is 19.9. The fraction of sp³-hybridized carbons (Fsp3) is 0.333. The Bertz CT molecular complexity index is 2620. The van der Waals surface area contributed by atoms with Crippen molar-refractivity contribution in [2.24, 2.45) is 0 Å². The monoisotopic (exact) mass is 948 g/mol. The Morgan fingerprint density at radius 2 is 1.11 bits per heavy atom. The number of rotatable bonds is 10. The Balaban J connectivity index is 0.000000270. The van der Waals surface area contributed by atoms with Crippen LogP contribution >= 0.6 is 10.2 Å². The van der Waals surface area contributed by atoms with E-state index < -0.39 is 80.5 Å². The van der Waals surface area contributed by atoms with E-state index in [9.17, 15) is 59.8 Å². The number of anilines is 2. The van der Waals surface area contributed by atoms with Crippen LogP contribution in [-0.2, 0) is 30.7 Å². The number of hydrogen-bond acceptors (Lipinski definition) is 13. The van der Waals surface area contributed by atoms with Crippen molar-refractivity contribution >= 4 is 45.4 Å². The molecule has 0 fully saturated rings. The van der Waals surface area contributed by atoms with Crippen LogP contribution in [0.2, 0.25) is 0 Å². The summed E-state index contributed by atoms with van der Waals surface area (Å²) in [5.41, 5.74) is -1.40. The van der Waals surface area contributed by atoms with Crippen LogP contribution in [0.1, 0.15) is 69.2 Å². The molecule has 15 nitrogen and oxygen atoms in total. The minimum absolute atomic E-state index is 0.0151. The highest BCUT2D eigenvalue weighted by molar-refractivity contribution is 8.45. The molecule has 6 aromatic rings. The Morgan fingerprint density at radius 3 is 1.52 bits per heavy atom. The van der Waals surface area contributed by atoms with Gasteiger partial charge in [-0.05, 0) is 35.4 Å². The highest BCUT2D eigenvalue weighted by atomic mass is 32.5. The van der Waals surface area contributed by atoms with E-state index in [1.807, 2.05) is 34.6 Å². The Kier molecular flexibility index (Phi) is 13.7. The average molecular weight is 949 g/mol.